The lowest BCUT2D eigenvalue weighted by molar-refractivity contribution is 0.449. The van der Waals surface area contributed by atoms with Gasteiger partial charge in [-0.15, -0.1) is 0 Å². The molecule has 5 aromatic rings. The molecule has 0 amide bonds. The molecule has 5 rings (SSSR count). The van der Waals surface area contributed by atoms with E-state index < -0.39 is 0 Å². The highest BCUT2D eigenvalue weighted by molar-refractivity contribution is 6.34. The predicted molar refractivity (Wildman–Crippen MR) is 119 cm³/mol. The molecule has 0 unspecified atom stereocenters. The van der Waals surface area contributed by atoms with Crippen molar-refractivity contribution in [2.45, 2.75) is 13.8 Å². The van der Waals surface area contributed by atoms with E-state index in [2.05, 4.69) is 58.8 Å². The molecule has 0 aliphatic rings. The third-order valence-electron chi connectivity index (χ3n) is 5.44. The Bertz CT molecular complexity index is 1380. The van der Waals surface area contributed by atoms with Crippen LogP contribution in [0, 0.1) is 13.8 Å². The summed E-state index contributed by atoms with van der Waals surface area (Å²) in [6.07, 6.45) is 2.06. The van der Waals surface area contributed by atoms with E-state index in [0.29, 0.717) is 11.0 Å². The van der Waals surface area contributed by atoms with Gasteiger partial charge in [0, 0.05) is 29.7 Å². The molecule has 0 saturated heterocycles. The molecule has 0 aliphatic carbocycles. The maximum absolute atomic E-state index is 6.61. The van der Waals surface area contributed by atoms with E-state index in [-0.39, 0.29) is 0 Å². The largest absolute Gasteiger partial charge is 0.426 e. The van der Waals surface area contributed by atoms with Gasteiger partial charge >= 0.3 is 0 Å². The van der Waals surface area contributed by atoms with Crippen LogP contribution in [0.3, 0.4) is 0 Å². The highest BCUT2D eigenvalue weighted by Crippen LogP contribution is 2.34. The molecule has 0 aliphatic heterocycles. The summed E-state index contributed by atoms with van der Waals surface area (Å²) in [7, 11) is 2.04. The van der Waals surface area contributed by atoms with E-state index >= 15 is 0 Å². The molecule has 0 radical (unpaired) electrons. The standard InChI is InChI=1S/C24H20ClN3O/c1-14-4-6-18(10-15(14)2)29-24-26-21-12-19(20(25)13-22(21)27-24)16-5-7-23-17(11-16)8-9-28(23)3/h4-13H,1-3H3,(H,26,27). The summed E-state index contributed by atoms with van der Waals surface area (Å²) in [4.78, 5) is 7.82. The number of hydrogen-bond donors (Lipinski definition) is 1. The van der Waals surface area contributed by atoms with Gasteiger partial charge in [0.25, 0.3) is 6.01 Å². The number of fused-ring (bicyclic) bond motifs is 2. The number of hydrogen-bond acceptors (Lipinski definition) is 2. The van der Waals surface area contributed by atoms with Gasteiger partial charge in [-0.2, -0.15) is 4.98 Å². The summed E-state index contributed by atoms with van der Waals surface area (Å²) >= 11 is 6.61. The molecular formula is C24H20ClN3O. The second-order valence-corrected chi connectivity index (χ2v) is 7.85. The number of halogens is 1. The lowest BCUT2D eigenvalue weighted by Gasteiger charge is -2.06. The van der Waals surface area contributed by atoms with Crippen LogP contribution < -0.4 is 4.74 Å². The SMILES string of the molecule is Cc1ccc(Oc2nc3cc(-c4ccc5c(ccn5C)c4)c(Cl)cc3[nH]2)cc1C. The molecule has 5 heteroatoms. The summed E-state index contributed by atoms with van der Waals surface area (Å²) in [6.45, 7) is 4.15. The van der Waals surface area contributed by atoms with Gasteiger partial charge in [-0.25, -0.2) is 0 Å². The van der Waals surface area contributed by atoms with Gasteiger partial charge in [0.1, 0.15) is 5.75 Å². The van der Waals surface area contributed by atoms with E-state index in [0.717, 1.165) is 27.9 Å². The van der Waals surface area contributed by atoms with Crippen LogP contribution in [-0.4, -0.2) is 14.5 Å². The average molecular weight is 402 g/mol. The number of benzene rings is 3. The van der Waals surface area contributed by atoms with Crippen LogP contribution in [0.25, 0.3) is 33.1 Å². The van der Waals surface area contributed by atoms with Crippen LogP contribution in [0.15, 0.2) is 60.8 Å². The Hall–Kier alpha value is -3.24. The second kappa shape index (κ2) is 6.68. The van der Waals surface area contributed by atoms with Gasteiger partial charge in [0.2, 0.25) is 0 Å². The number of rotatable bonds is 3. The van der Waals surface area contributed by atoms with Gasteiger partial charge in [-0.1, -0.05) is 23.7 Å². The number of nitrogens with one attached hydrogen (secondary N) is 1. The molecule has 0 fully saturated rings. The summed E-state index contributed by atoms with van der Waals surface area (Å²) in [6, 6.07) is 18.8. The Morgan fingerprint density at radius 1 is 0.966 bits per heavy atom. The van der Waals surface area contributed by atoms with Crippen molar-refractivity contribution in [1.82, 2.24) is 14.5 Å². The normalized spacial score (nSPS) is 11.4. The van der Waals surface area contributed by atoms with Gasteiger partial charge in [-0.3, -0.25) is 0 Å². The molecule has 0 atom stereocenters. The smallest absolute Gasteiger partial charge is 0.300 e. The number of imidazole rings is 1. The number of nitrogens with zero attached hydrogens (tertiary/aromatic N) is 2. The van der Waals surface area contributed by atoms with E-state index in [4.69, 9.17) is 16.3 Å². The molecule has 0 saturated carbocycles. The highest BCUT2D eigenvalue weighted by atomic mass is 35.5. The van der Waals surface area contributed by atoms with Gasteiger partial charge in [-0.05, 0) is 73.0 Å². The van der Waals surface area contributed by atoms with Crippen LogP contribution in [-0.2, 0) is 7.05 Å². The lowest BCUT2D eigenvalue weighted by Crippen LogP contribution is -1.88. The number of aromatic nitrogens is 3. The van der Waals surface area contributed by atoms with E-state index in [1.54, 1.807) is 0 Å². The fourth-order valence-electron chi connectivity index (χ4n) is 3.61. The van der Waals surface area contributed by atoms with Gasteiger partial charge < -0.3 is 14.3 Å². The topological polar surface area (TPSA) is 42.8 Å². The van der Waals surface area contributed by atoms with E-state index in [1.807, 2.05) is 37.4 Å². The highest BCUT2D eigenvalue weighted by Gasteiger charge is 2.12. The first kappa shape index (κ1) is 17.8. The van der Waals surface area contributed by atoms with E-state index in [1.165, 1.54) is 22.0 Å². The minimum atomic E-state index is 0.454. The first-order valence-corrected chi connectivity index (χ1v) is 9.85. The maximum Gasteiger partial charge on any atom is 0.300 e. The fraction of sp³-hybridized carbons (Fsp3) is 0.125. The van der Waals surface area contributed by atoms with Gasteiger partial charge in [0.15, 0.2) is 0 Å². The van der Waals surface area contributed by atoms with Crippen molar-refractivity contribution in [3.8, 4) is 22.9 Å². The van der Waals surface area contributed by atoms with Crippen LogP contribution in [0.2, 0.25) is 5.02 Å². The Kier molecular flexibility index (Phi) is 4.10. The van der Waals surface area contributed by atoms with Crippen LogP contribution in [0.4, 0.5) is 0 Å². The molecule has 29 heavy (non-hydrogen) atoms. The molecule has 4 nitrogen and oxygen atoms in total. The lowest BCUT2D eigenvalue weighted by atomic mass is 10.0. The number of ether oxygens (including phenoxy) is 1. The second-order valence-electron chi connectivity index (χ2n) is 7.44. The third-order valence-corrected chi connectivity index (χ3v) is 5.75. The summed E-state index contributed by atoms with van der Waals surface area (Å²) in [5, 5.41) is 1.86. The van der Waals surface area contributed by atoms with Crippen molar-refractivity contribution in [2.75, 3.05) is 0 Å². The number of aromatic amines is 1. The van der Waals surface area contributed by atoms with Crippen molar-refractivity contribution >= 4 is 33.5 Å². The molecule has 2 aromatic heterocycles. The predicted octanol–water partition coefficient (Wildman–Crippen LogP) is 6.78. The minimum Gasteiger partial charge on any atom is -0.426 e. The maximum atomic E-state index is 6.61. The van der Waals surface area contributed by atoms with Gasteiger partial charge in [0.05, 0.1) is 16.1 Å². The van der Waals surface area contributed by atoms with Crippen molar-refractivity contribution in [3.63, 3.8) is 0 Å². The molecule has 2 heterocycles. The molecule has 3 aromatic carbocycles. The Morgan fingerprint density at radius 3 is 2.66 bits per heavy atom. The Morgan fingerprint density at radius 2 is 1.83 bits per heavy atom. The molecule has 144 valence electrons. The van der Waals surface area contributed by atoms with Crippen LogP contribution >= 0.6 is 11.6 Å². The first-order valence-electron chi connectivity index (χ1n) is 9.48. The Balaban J connectivity index is 1.53. The zero-order chi connectivity index (χ0) is 20.1. The number of H-pyrrole nitrogens is 1. The quantitative estimate of drug-likeness (QED) is 0.362. The Labute approximate surface area is 173 Å². The minimum absolute atomic E-state index is 0.454. The molecule has 1 N–H and O–H groups in total. The number of aryl methyl sites for hydroxylation is 3. The molecule has 0 bridgehead atoms. The van der Waals surface area contributed by atoms with Crippen molar-refractivity contribution in [3.05, 3.63) is 76.9 Å². The van der Waals surface area contributed by atoms with Crippen molar-refractivity contribution in [1.29, 1.82) is 0 Å². The van der Waals surface area contributed by atoms with Crippen molar-refractivity contribution < 1.29 is 4.74 Å². The summed E-state index contributed by atoms with van der Waals surface area (Å²) in [5.41, 5.74) is 7.28. The monoisotopic (exact) mass is 401 g/mol. The summed E-state index contributed by atoms with van der Waals surface area (Å²) < 4.78 is 8.04. The zero-order valence-corrected chi connectivity index (χ0v) is 17.2. The van der Waals surface area contributed by atoms with Crippen LogP contribution in [0.5, 0.6) is 11.8 Å². The molecule has 0 spiro atoms. The first-order chi connectivity index (χ1) is 14.0. The molecular weight excluding hydrogens is 382 g/mol. The third kappa shape index (κ3) is 3.15. The van der Waals surface area contributed by atoms with E-state index in [9.17, 15) is 0 Å². The zero-order valence-electron chi connectivity index (χ0n) is 16.5. The summed E-state index contributed by atoms with van der Waals surface area (Å²) in [5.74, 6) is 0.757. The van der Waals surface area contributed by atoms with Crippen LogP contribution in [0.1, 0.15) is 11.1 Å². The average Bonchev–Trinajstić information content (AvgIpc) is 3.26. The fourth-order valence-corrected chi connectivity index (χ4v) is 3.89. The van der Waals surface area contributed by atoms with Crippen molar-refractivity contribution in [2.24, 2.45) is 7.05 Å².